The number of H-pyrrole nitrogens is 1. The monoisotopic (exact) mass is 424 g/mol. The summed E-state index contributed by atoms with van der Waals surface area (Å²) >= 11 is 0. The molecule has 0 radical (unpaired) electrons. The second-order valence-corrected chi connectivity index (χ2v) is 7.00. The van der Waals surface area contributed by atoms with Crippen LogP contribution in [0.25, 0.3) is 0 Å². The lowest BCUT2D eigenvalue weighted by atomic mass is 9.99. The van der Waals surface area contributed by atoms with Crippen LogP contribution in [0.15, 0.2) is 52.1 Å². The van der Waals surface area contributed by atoms with Gasteiger partial charge in [0.25, 0.3) is 5.56 Å². The Balaban J connectivity index is 1.91. The molecule has 0 aliphatic carbocycles. The van der Waals surface area contributed by atoms with Gasteiger partial charge >= 0.3 is 11.7 Å². The molecule has 0 unspecified atom stereocenters. The number of aromatic amines is 1. The van der Waals surface area contributed by atoms with Crippen molar-refractivity contribution in [2.45, 2.75) is 19.1 Å². The first-order chi connectivity index (χ1) is 14.9. The van der Waals surface area contributed by atoms with Gasteiger partial charge in [-0.1, -0.05) is 36.4 Å². The molecule has 0 saturated heterocycles. The zero-order valence-corrected chi connectivity index (χ0v) is 17.0. The molecular weight excluding hydrogens is 404 g/mol. The molecule has 0 spiro atoms. The highest BCUT2D eigenvalue weighted by molar-refractivity contribution is 5.98. The average molecular weight is 424 g/mol. The molecule has 1 aromatic heterocycles. The predicted octanol–water partition coefficient (Wildman–Crippen LogP) is 2.13. The van der Waals surface area contributed by atoms with Gasteiger partial charge in [-0.3, -0.25) is 14.3 Å². The third-order valence-corrected chi connectivity index (χ3v) is 5.37. The lowest BCUT2D eigenvalue weighted by Crippen LogP contribution is -2.35. The number of ether oxygens (including phenoxy) is 3. The van der Waals surface area contributed by atoms with Crippen LogP contribution in [-0.2, 0) is 4.74 Å². The van der Waals surface area contributed by atoms with Gasteiger partial charge in [0.2, 0.25) is 5.88 Å². The molecule has 9 heteroatoms. The van der Waals surface area contributed by atoms with Crippen LogP contribution in [-0.4, -0.2) is 34.8 Å². The Morgan fingerprint density at radius 3 is 2.42 bits per heavy atom. The molecule has 0 fully saturated rings. The molecule has 9 nitrogen and oxygen atoms in total. The van der Waals surface area contributed by atoms with Crippen molar-refractivity contribution in [1.29, 1.82) is 0 Å². The third kappa shape index (κ3) is 3.14. The van der Waals surface area contributed by atoms with Crippen molar-refractivity contribution in [2.24, 2.45) is 0 Å². The summed E-state index contributed by atoms with van der Waals surface area (Å²) in [5.74, 6) is -0.831. The molecule has 4 rings (SSSR count). The molecule has 0 bridgehead atoms. The van der Waals surface area contributed by atoms with Crippen molar-refractivity contribution in [1.82, 2.24) is 9.55 Å². The molecule has 3 aromatic rings. The number of esters is 1. The number of hydrogen-bond acceptors (Lipinski definition) is 7. The number of methoxy groups -OCH3 is 2. The van der Waals surface area contributed by atoms with E-state index in [9.17, 15) is 19.5 Å². The van der Waals surface area contributed by atoms with Crippen molar-refractivity contribution in [3.05, 3.63) is 85.6 Å². The highest BCUT2D eigenvalue weighted by Gasteiger charge is 2.40. The van der Waals surface area contributed by atoms with Gasteiger partial charge < -0.3 is 19.3 Å². The number of carbonyl (C=O) groups excluding carboxylic acids is 1. The van der Waals surface area contributed by atoms with E-state index in [1.54, 1.807) is 43.3 Å². The van der Waals surface area contributed by atoms with Crippen molar-refractivity contribution in [3.63, 3.8) is 0 Å². The Kier molecular flexibility index (Phi) is 5.02. The van der Waals surface area contributed by atoms with E-state index in [0.29, 0.717) is 11.3 Å². The minimum Gasteiger partial charge on any atom is -0.494 e. The van der Waals surface area contributed by atoms with Gasteiger partial charge in [-0.05, 0) is 18.6 Å². The molecule has 2 heterocycles. The number of benzene rings is 2. The number of aromatic nitrogens is 2. The van der Waals surface area contributed by atoms with E-state index in [-0.39, 0.29) is 16.9 Å². The van der Waals surface area contributed by atoms with Crippen molar-refractivity contribution >= 4 is 5.97 Å². The normalized spacial score (nSPS) is 15.8. The van der Waals surface area contributed by atoms with E-state index in [1.807, 2.05) is 6.07 Å². The number of nitrogens with one attached hydrogen (secondary N) is 1. The van der Waals surface area contributed by atoms with Crippen LogP contribution in [0.2, 0.25) is 0 Å². The second-order valence-electron chi connectivity index (χ2n) is 7.00. The molecule has 2 N–H and O–H groups in total. The van der Waals surface area contributed by atoms with Gasteiger partial charge in [-0.25, -0.2) is 9.59 Å². The number of aromatic hydroxyl groups is 1. The largest absolute Gasteiger partial charge is 0.494 e. The molecule has 0 saturated carbocycles. The maximum Gasteiger partial charge on any atom is 0.343 e. The molecule has 1 aliphatic rings. The first kappa shape index (κ1) is 20.3. The number of cyclic esters (lactones) is 1. The second kappa shape index (κ2) is 7.67. The number of carbonyl (C=O) groups is 1. The zero-order chi connectivity index (χ0) is 22.3. The first-order valence-electron chi connectivity index (χ1n) is 9.47. The Morgan fingerprint density at radius 2 is 1.77 bits per heavy atom. The van der Waals surface area contributed by atoms with Crippen LogP contribution in [0.3, 0.4) is 0 Å². The Hall–Kier alpha value is -4.01. The van der Waals surface area contributed by atoms with E-state index >= 15 is 0 Å². The van der Waals surface area contributed by atoms with Crippen LogP contribution >= 0.6 is 0 Å². The number of hydrogen-bond donors (Lipinski definition) is 2. The van der Waals surface area contributed by atoms with E-state index < -0.39 is 35.2 Å². The van der Waals surface area contributed by atoms with Crippen LogP contribution in [0.1, 0.15) is 46.1 Å². The van der Waals surface area contributed by atoms with Crippen LogP contribution in [0, 0.1) is 0 Å². The number of nitrogens with zero attached hydrogens (tertiary/aromatic N) is 1. The summed E-state index contributed by atoms with van der Waals surface area (Å²) < 4.78 is 17.0. The van der Waals surface area contributed by atoms with E-state index in [4.69, 9.17) is 14.2 Å². The molecule has 31 heavy (non-hydrogen) atoms. The Labute approximate surface area is 176 Å². The summed E-state index contributed by atoms with van der Waals surface area (Å²) in [6.45, 7) is 1.71. The lowest BCUT2D eigenvalue weighted by molar-refractivity contribution is 0.0446. The minimum absolute atomic E-state index is 0.0968. The average Bonchev–Trinajstić information content (AvgIpc) is 3.09. The standard InChI is InChI=1S/C22H20N2O7/c1-11(12-7-5-4-6-8-12)24-20(26)16(19(25)23-22(24)28)17-13-9-10-14(29-2)18(30-3)15(13)21(27)31-17/h4-11,17,26H,1-3H3,(H,23,25,28)/t11-,17+/m1/s1. The third-order valence-electron chi connectivity index (χ3n) is 5.37. The maximum atomic E-state index is 12.7. The van der Waals surface area contributed by atoms with Gasteiger partial charge in [-0.15, -0.1) is 0 Å². The summed E-state index contributed by atoms with van der Waals surface area (Å²) in [5, 5.41) is 11.0. The van der Waals surface area contributed by atoms with Crippen LogP contribution in [0.5, 0.6) is 17.4 Å². The smallest absolute Gasteiger partial charge is 0.343 e. The van der Waals surface area contributed by atoms with Gasteiger partial charge in [-0.2, -0.15) is 0 Å². The SMILES string of the molecule is COc1ccc2c(c1OC)C(=O)O[C@@H]2c1c(O)n([C@H](C)c2ccccc2)c(=O)[nH]c1=O. The summed E-state index contributed by atoms with van der Waals surface area (Å²) in [4.78, 5) is 40.0. The van der Waals surface area contributed by atoms with Crippen molar-refractivity contribution in [2.75, 3.05) is 14.2 Å². The number of fused-ring (bicyclic) bond motifs is 1. The van der Waals surface area contributed by atoms with E-state index in [1.165, 1.54) is 14.2 Å². The van der Waals surface area contributed by atoms with Gasteiger partial charge in [0.05, 0.1) is 20.3 Å². The van der Waals surface area contributed by atoms with Gasteiger partial charge in [0.1, 0.15) is 11.1 Å². The molecular formula is C22H20N2O7. The molecule has 2 aromatic carbocycles. The molecule has 1 aliphatic heterocycles. The number of rotatable bonds is 5. The highest BCUT2D eigenvalue weighted by atomic mass is 16.6. The van der Waals surface area contributed by atoms with Crippen molar-refractivity contribution < 1.29 is 24.1 Å². The molecule has 0 amide bonds. The zero-order valence-electron chi connectivity index (χ0n) is 17.0. The van der Waals surface area contributed by atoms with E-state index in [0.717, 1.165) is 10.1 Å². The fourth-order valence-corrected chi connectivity index (χ4v) is 3.84. The van der Waals surface area contributed by atoms with Gasteiger partial charge in [0.15, 0.2) is 17.6 Å². The van der Waals surface area contributed by atoms with Crippen LogP contribution in [0.4, 0.5) is 0 Å². The first-order valence-corrected chi connectivity index (χ1v) is 9.47. The summed E-state index contributed by atoms with van der Waals surface area (Å²) in [6.07, 6.45) is -1.22. The predicted molar refractivity (Wildman–Crippen MR) is 110 cm³/mol. The highest BCUT2D eigenvalue weighted by Crippen LogP contribution is 2.45. The topological polar surface area (TPSA) is 120 Å². The fraction of sp³-hybridized carbons (Fsp3) is 0.227. The fourth-order valence-electron chi connectivity index (χ4n) is 3.84. The van der Waals surface area contributed by atoms with Crippen LogP contribution < -0.4 is 20.7 Å². The quantitative estimate of drug-likeness (QED) is 0.602. The van der Waals surface area contributed by atoms with E-state index in [2.05, 4.69) is 4.98 Å². The maximum absolute atomic E-state index is 12.7. The summed E-state index contributed by atoms with van der Waals surface area (Å²) in [6, 6.07) is 11.6. The molecule has 2 atom stereocenters. The Bertz CT molecular complexity index is 1280. The Morgan fingerprint density at radius 1 is 1.06 bits per heavy atom. The summed E-state index contributed by atoms with van der Waals surface area (Å²) in [7, 11) is 2.81. The lowest BCUT2D eigenvalue weighted by Gasteiger charge is -2.20. The minimum atomic E-state index is -1.22. The summed E-state index contributed by atoms with van der Waals surface area (Å²) in [5.41, 5.74) is -0.714. The van der Waals surface area contributed by atoms with Crippen molar-refractivity contribution in [3.8, 4) is 17.4 Å². The van der Waals surface area contributed by atoms with Gasteiger partial charge in [0, 0.05) is 5.56 Å². The molecule has 160 valence electrons.